The van der Waals surface area contributed by atoms with Crippen molar-refractivity contribution in [3.63, 3.8) is 0 Å². The number of H-pyrrole nitrogens is 1. The van der Waals surface area contributed by atoms with Gasteiger partial charge in [0.25, 0.3) is 5.56 Å². The molecule has 5 rings (SSSR count). The summed E-state index contributed by atoms with van der Waals surface area (Å²) in [5.74, 6) is 1.37. The second-order valence-electron chi connectivity index (χ2n) is 8.43. The lowest BCUT2D eigenvalue weighted by molar-refractivity contribution is 0.121. The third-order valence-corrected chi connectivity index (χ3v) is 6.26. The first-order valence-corrected chi connectivity index (χ1v) is 11.1. The van der Waals surface area contributed by atoms with Crippen molar-refractivity contribution in [2.24, 2.45) is 0 Å². The Kier molecular flexibility index (Phi) is 5.89. The fraction of sp³-hybridized carbons (Fsp3) is 0.333. The predicted octanol–water partition coefficient (Wildman–Crippen LogP) is 1.91. The van der Waals surface area contributed by atoms with Crippen LogP contribution in [-0.4, -0.2) is 75.3 Å². The number of benzene rings is 2. The third-order valence-electron chi connectivity index (χ3n) is 6.26. The maximum Gasteiger partial charge on any atom is 0.253 e. The summed E-state index contributed by atoms with van der Waals surface area (Å²) in [6.45, 7) is 4.01. The van der Waals surface area contributed by atoms with E-state index in [0.717, 1.165) is 42.6 Å². The van der Waals surface area contributed by atoms with Gasteiger partial charge in [0.05, 0.1) is 19.2 Å². The van der Waals surface area contributed by atoms with Gasteiger partial charge in [0.2, 0.25) is 0 Å². The number of likely N-dealkylation sites (N-methyl/N-ethyl adjacent to an activating group) is 1. The minimum atomic E-state index is -0.354. The lowest BCUT2D eigenvalue weighted by Crippen LogP contribution is -2.47. The summed E-state index contributed by atoms with van der Waals surface area (Å²) in [7, 11) is 3.73. The number of hydrogen-bond acceptors (Lipinski definition) is 7. The van der Waals surface area contributed by atoms with Crippen molar-refractivity contribution in [1.29, 1.82) is 0 Å². The molecule has 1 aliphatic heterocycles. The molecule has 2 aromatic carbocycles. The van der Waals surface area contributed by atoms with Gasteiger partial charge in [0, 0.05) is 37.8 Å². The molecule has 0 unspecified atom stereocenters. The fourth-order valence-electron chi connectivity index (χ4n) is 4.38. The molecule has 1 N–H and O–H groups in total. The lowest BCUT2D eigenvalue weighted by atomic mass is 10.0. The molecule has 0 saturated carbocycles. The van der Waals surface area contributed by atoms with Gasteiger partial charge in [-0.25, -0.2) is 4.68 Å². The SMILES string of the molecule is COc1ccc2cc([C@H](c3nnnn3Cc3ccccc3)N3CCN(C)CC3)c(=O)[nH]c2c1. The van der Waals surface area contributed by atoms with Crippen LogP contribution in [0.1, 0.15) is 23.0 Å². The quantitative estimate of drug-likeness (QED) is 0.485. The number of methoxy groups -OCH3 is 1. The summed E-state index contributed by atoms with van der Waals surface area (Å²) in [6.07, 6.45) is 0. The van der Waals surface area contributed by atoms with E-state index in [9.17, 15) is 4.79 Å². The van der Waals surface area contributed by atoms with E-state index in [1.54, 1.807) is 11.8 Å². The summed E-state index contributed by atoms with van der Waals surface area (Å²) in [5, 5.41) is 13.6. The van der Waals surface area contributed by atoms with Crippen LogP contribution in [0.25, 0.3) is 10.9 Å². The second kappa shape index (κ2) is 9.13. The number of nitrogens with one attached hydrogen (secondary N) is 1. The van der Waals surface area contributed by atoms with Crippen LogP contribution >= 0.6 is 0 Å². The Balaban J connectivity index is 1.60. The van der Waals surface area contributed by atoms with E-state index >= 15 is 0 Å². The van der Waals surface area contributed by atoms with E-state index in [2.05, 4.69) is 37.4 Å². The average Bonchev–Trinajstić information content (AvgIpc) is 3.28. The van der Waals surface area contributed by atoms with E-state index in [4.69, 9.17) is 4.74 Å². The first-order valence-electron chi connectivity index (χ1n) is 11.1. The van der Waals surface area contributed by atoms with Crippen molar-refractivity contribution in [2.75, 3.05) is 40.3 Å². The number of pyridine rings is 1. The van der Waals surface area contributed by atoms with Gasteiger partial charge in [-0.05, 0) is 46.6 Å². The average molecular weight is 446 g/mol. The van der Waals surface area contributed by atoms with Crippen molar-refractivity contribution in [3.8, 4) is 5.75 Å². The molecule has 9 nitrogen and oxygen atoms in total. The summed E-state index contributed by atoms with van der Waals surface area (Å²) in [5.41, 5.74) is 2.34. The maximum atomic E-state index is 13.3. The number of aromatic amines is 1. The Morgan fingerprint density at radius 2 is 1.85 bits per heavy atom. The van der Waals surface area contributed by atoms with Gasteiger partial charge < -0.3 is 14.6 Å². The van der Waals surface area contributed by atoms with E-state index in [-0.39, 0.29) is 11.6 Å². The Hall–Kier alpha value is -3.56. The number of rotatable bonds is 6. The summed E-state index contributed by atoms with van der Waals surface area (Å²) in [4.78, 5) is 21.0. The standard InChI is InChI=1S/C24H27N7O2/c1-29-10-12-30(13-11-29)22(23-26-27-28-31(23)16-17-6-4-3-5-7-17)20-14-18-8-9-19(33-2)15-21(18)25-24(20)32/h3-9,14-15,22H,10-13,16H2,1-2H3,(H,25,32)/t22-/m1/s1. The van der Waals surface area contributed by atoms with E-state index < -0.39 is 0 Å². The highest BCUT2D eigenvalue weighted by Crippen LogP contribution is 2.28. The Morgan fingerprint density at radius 1 is 1.06 bits per heavy atom. The molecule has 4 aromatic rings. The Morgan fingerprint density at radius 3 is 2.61 bits per heavy atom. The van der Waals surface area contributed by atoms with Crippen LogP contribution in [0.5, 0.6) is 5.75 Å². The minimum Gasteiger partial charge on any atom is -0.497 e. The van der Waals surface area contributed by atoms with Crippen LogP contribution in [0.4, 0.5) is 0 Å². The number of fused-ring (bicyclic) bond motifs is 1. The zero-order valence-electron chi connectivity index (χ0n) is 18.8. The highest BCUT2D eigenvalue weighted by molar-refractivity contribution is 5.80. The van der Waals surface area contributed by atoms with E-state index in [1.165, 1.54) is 0 Å². The highest BCUT2D eigenvalue weighted by Gasteiger charge is 2.32. The molecule has 0 aliphatic carbocycles. The molecule has 0 bridgehead atoms. The maximum absolute atomic E-state index is 13.3. The molecule has 1 saturated heterocycles. The normalized spacial score (nSPS) is 16.2. The first-order chi connectivity index (χ1) is 16.1. The molecular weight excluding hydrogens is 418 g/mol. The topological polar surface area (TPSA) is 92.2 Å². The van der Waals surface area contributed by atoms with Crippen LogP contribution in [0, 0.1) is 0 Å². The number of piperazine rings is 1. The van der Waals surface area contributed by atoms with Crippen molar-refractivity contribution < 1.29 is 4.74 Å². The number of aromatic nitrogens is 5. The molecule has 0 amide bonds. The van der Waals surface area contributed by atoms with Crippen LogP contribution < -0.4 is 10.3 Å². The number of hydrogen-bond donors (Lipinski definition) is 1. The van der Waals surface area contributed by atoms with E-state index in [0.29, 0.717) is 23.7 Å². The number of tetrazole rings is 1. The highest BCUT2D eigenvalue weighted by atomic mass is 16.5. The molecule has 1 fully saturated rings. The van der Waals surface area contributed by atoms with Gasteiger partial charge in [-0.3, -0.25) is 9.69 Å². The summed E-state index contributed by atoms with van der Waals surface area (Å²) >= 11 is 0. The van der Waals surface area contributed by atoms with Crippen molar-refractivity contribution in [3.05, 3.63) is 81.9 Å². The number of ether oxygens (including phenoxy) is 1. The third kappa shape index (κ3) is 4.37. The second-order valence-corrected chi connectivity index (χ2v) is 8.43. The van der Waals surface area contributed by atoms with Crippen LogP contribution in [-0.2, 0) is 6.54 Å². The largest absolute Gasteiger partial charge is 0.497 e. The predicted molar refractivity (Wildman–Crippen MR) is 125 cm³/mol. The van der Waals surface area contributed by atoms with Crippen LogP contribution in [0.3, 0.4) is 0 Å². The van der Waals surface area contributed by atoms with Gasteiger partial charge in [-0.15, -0.1) is 5.10 Å². The fourth-order valence-corrected chi connectivity index (χ4v) is 4.38. The first kappa shape index (κ1) is 21.3. The number of nitrogens with zero attached hydrogens (tertiary/aromatic N) is 6. The molecule has 9 heteroatoms. The molecular formula is C24H27N7O2. The van der Waals surface area contributed by atoms with Gasteiger partial charge in [-0.1, -0.05) is 30.3 Å². The lowest BCUT2D eigenvalue weighted by Gasteiger charge is -2.37. The molecule has 1 aliphatic rings. The molecule has 0 radical (unpaired) electrons. The summed E-state index contributed by atoms with van der Waals surface area (Å²) < 4.78 is 7.11. The van der Waals surface area contributed by atoms with Crippen molar-refractivity contribution >= 4 is 10.9 Å². The van der Waals surface area contributed by atoms with Gasteiger partial charge >= 0.3 is 0 Å². The minimum absolute atomic E-state index is 0.144. The molecule has 0 spiro atoms. The van der Waals surface area contributed by atoms with Crippen molar-refractivity contribution in [2.45, 2.75) is 12.6 Å². The van der Waals surface area contributed by atoms with Crippen LogP contribution in [0.2, 0.25) is 0 Å². The molecule has 3 heterocycles. The molecule has 170 valence electrons. The zero-order chi connectivity index (χ0) is 22.8. The van der Waals surface area contributed by atoms with E-state index in [1.807, 2.05) is 54.6 Å². The van der Waals surface area contributed by atoms with Gasteiger partial charge in [0.1, 0.15) is 11.8 Å². The summed E-state index contributed by atoms with van der Waals surface area (Å²) in [6, 6.07) is 17.4. The smallest absolute Gasteiger partial charge is 0.253 e. The van der Waals surface area contributed by atoms with Crippen LogP contribution in [0.15, 0.2) is 59.4 Å². The zero-order valence-corrected chi connectivity index (χ0v) is 18.8. The Bertz CT molecular complexity index is 1290. The Labute approximate surface area is 191 Å². The van der Waals surface area contributed by atoms with Crippen molar-refractivity contribution in [1.82, 2.24) is 35.0 Å². The molecule has 1 atom stereocenters. The molecule has 33 heavy (non-hydrogen) atoms. The van der Waals surface area contributed by atoms with Gasteiger partial charge in [0.15, 0.2) is 5.82 Å². The van der Waals surface area contributed by atoms with Gasteiger partial charge in [-0.2, -0.15) is 0 Å². The molecule has 2 aromatic heterocycles. The monoisotopic (exact) mass is 445 g/mol.